The fourth-order valence-corrected chi connectivity index (χ4v) is 3.85. The summed E-state index contributed by atoms with van der Waals surface area (Å²) in [6.45, 7) is 0. The van der Waals surface area contributed by atoms with Crippen molar-refractivity contribution in [3.05, 3.63) is 108 Å². The van der Waals surface area contributed by atoms with Crippen LogP contribution in [-0.4, -0.2) is 16.7 Å². The topological polar surface area (TPSA) is 15.4 Å². The largest absolute Gasteiger partial charge is 0.263 e. The molecule has 0 aromatic heterocycles. The number of hydrogen-bond acceptors (Lipinski definition) is 2. The van der Waals surface area contributed by atoms with Crippen LogP contribution < -0.4 is 0 Å². The summed E-state index contributed by atoms with van der Waals surface area (Å²) in [6.07, 6.45) is 0.122. The molecular weight excluding hydrogens is 292 g/mol. The first-order valence-corrected chi connectivity index (χ1v) is 8.44. The van der Waals surface area contributed by atoms with Crippen LogP contribution in [0.25, 0.3) is 0 Å². The van der Waals surface area contributed by atoms with E-state index in [1.165, 1.54) is 22.4 Å². The predicted molar refractivity (Wildman–Crippen MR) is 97.0 cm³/mol. The normalized spacial score (nSPS) is 27.4. The molecule has 0 spiro atoms. The minimum Gasteiger partial charge on any atom is -0.263 e. The molecule has 116 valence electrons. The molecule has 1 fully saturated rings. The van der Waals surface area contributed by atoms with Gasteiger partial charge in [-0.2, -0.15) is 0 Å². The predicted octanol–water partition coefficient (Wildman–Crippen LogP) is 4.61. The summed E-state index contributed by atoms with van der Waals surface area (Å²) in [5.41, 5.74) is 5.11. The van der Waals surface area contributed by atoms with E-state index in [0.717, 1.165) is 0 Å². The summed E-state index contributed by atoms with van der Waals surface area (Å²) in [5.74, 6) is 0. The summed E-state index contributed by atoms with van der Waals surface area (Å²) in [5, 5.41) is 0. The lowest BCUT2D eigenvalue weighted by Gasteiger charge is -2.14. The highest BCUT2D eigenvalue weighted by Gasteiger charge is 2.59. The number of aliphatic imine (C=N–C) groups is 1. The van der Waals surface area contributed by atoms with Crippen LogP contribution in [0, 0.1) is 0 Å². The maximum absolute atomic E-state index is 5.08. The number of hydrogen-bond donors (Lipinski definition) is 0. The Morgan fingerprint density at radius 2 is 1.12 bits per heavy atom. The van der Waals surface area contributed by atoms with Crippen LogP contribution in [0.5, 0.6) is 0 Å². The van der Waals surface area contributed by atoms with Gasteiger partial charge in [-0.05, 0) is 16.7 Å². The number of benzene rings is 3. The monoisotopic (exact) mass is 310 g/mol. The molecule has 3 aromatic rings. The summed E-state index contributed by atoms with van der Waals surface area (Å²) >= 11 is 0. The fourth-order valence-electron chi connectivity index (χ4n) is 3.85. The van der Waals surface area contributed by atoms with Crippen LogP contribution in [0.2, 0.25) is 0 Å². The van der Waals surface area contributed by atoms with Crippen LogP contribution >= 0.6 is 0 Å². The highest BCUT2D eigenvalue weighted by molar-refractivity contribution is 6.08. The molecule has 1 unspecified atom stereocenters. The van der Waals surface area contributed by atoms with E-state index in [2.05, 4.69) is 95.9 Å². The van der Waals surface area contributed by atoms with Crippen molar-refractivity contribution >= 4 is 5.71 Å². The van der Waals surface area contributed by atoms with E-state index < -0.39 is 0 Å². The number of rotatable bonds is 3. The first kappa shape index (κ1) is 13.7. The SMILES string of the molecule is c1ccc(C2=N[C@@H](c3ccccc3)N3[C@@H]2[C@@H]3c2ccccc2)cc1. The summed E-state index contributed by atoms with van der Waals surface area (Å²) in [4.78, 5) is 7.60. The maximum Gasteiger partial charge on any atom is 0.129 e. The number of fused-ring (bicyclic) bond motifs is 1. The standard InChI is InChI=1S/C22H18N2/c1-4-10-16(11-5-1)19-21-20(17-12-6-2-7-13-17)24(21)22(23-19)18-14-8-3-9-15-18/h1-15,20-22H/t20-,21-,22+,24?/m0/s1. The van der Waals surface area contributed by atoms with Crippen LogP contribution in [0.4, 0.5) is 0 Å². The molecule has 2 aliphatic rings. The molecule has 1 saturated heterocycles. The number of nitrogens with zero attached hydrogens (tertiary/aromatic N) is 2. The zero-order valence-corrected chi connectivity index (χ0v) is 13.3. The lowest BCUT2D eigenvalue weighted by atomic mass is 10.0. The minimum absolute atomic E-state index is 0.122. The average Bonchev–Trinajstić information content (AvgIpc) is 3.28. The molecule has 2 nitrogen and oxygen atoms in total. The van der Waals surface area contributed by atoms with E-state index in [1.807, 2.05) is 0 Å². The lowest BCUT2D eigenvalue weighted by Crippen LogP contribution is -2.08. The highest BCUT2D eigenvalue weighted by Crippen LogP contribution is 2.55. The Kier molecular flexibility index (Phi) is 3.10. The van der Waals surface area contributed by atoms with E-state index >= 15 is 0 Å². The molecular formula is C22H18N2. The van der Waals surface area contributed by atoms with Crippen molar-refractivity contribution < 1.29 is 0 Å². The summed E-state index contributed by atoms with van der Waals surface area (Å²) in [6, 6.07) is 32.8. The van der Waals surface area contributed by atoms with Gasteiger partial charge < -0.3 is 0 Å². The van der Waals surface area contributed by atoms with Gasteiger partial charge in [0.25, 0.3) is 0 Å². The minimum atomic E-state index is 0.122. The molecule has 2 heterocycles. The smallest absolute Gasteiger partial charge is 0.129 e. The second kappa shape index (κ2) is 5.43. The second-order valence-corrected chi connectivity index (χ2v) is 6.41. The van der Waals surface area contributed by atoms with Crippen LogP contribution in [-0.2, 0) is 0 Å². The van der Waals surface area contributed by atoms with Crippen molar-refractivity contribution in [3.63, 3.8) is 0 Å². The van der Waals surface area contributed by atoms with Gasteiger partial charge in [0.05, 0.1) is 17.8 Å². The molecule has 24 heavy (non-hydrogen) atoms. The van der Waals surface area contributed by atoms with Crippen molar-refractivity contribution in [1.29, 1.82) is 0 Å². The van der Waals surface area contributed by atoms with Crippen molar-refractivity contribution in [2.75, 3.05) is 0 Å². The van der Waals surface area contributed by atoms with Gasteiger partial charge >= 0.3 is 0 Å². The average molecular weight is 310 g/mol. The molecule has 0 saturated carbocycles. The van der Waals surface area contributed by atoms with Crippen molar-refractivity contribution in [3.8, 4) is 0 Å². The molecule has 2 aliphatic heterocycles. The van der Waals surface area contributed by atoms with Gasteiger partial charge in [-0.15, -0.1) is 0 Å². The fraction of sp³-hybridized carbons (Fsp3) is 0.136. The molecule has 5 rings (SSSR count). The van der Waals surface area contributed by atoms with Gasteiger partial charge in [0.2, 0.25) is 0 Å². The van der Waals surface area contributed by atoms with Gasteiger partial charge in [0, 0.05) is 0 Å². The molecule has 2 heteroatoms. The second-order valence-electron chi connectivity index (χ2n) is 6.41. The first-order chi connectivity index (χ1) is 11.9. The first-order valence-electron chi connectivity index (χ1n) is 8.44. The molecule has 0 radical (unpaired) electrons. The Balaban J connectivity index is 1.58. The molecule has 0 amide bonds. The van der Waals surface area contributed by atoms with Gasteiger partial charge in [-0.3, -0.25) is 9.89 Å². The van der Waals surface area contributed by atoms with Crippen molar-refractivity contribution in [2.24, 2.45) is 4.99 Å². The third-order valence-corrected chi connectivity index (χ3v) is 4.98. The van der Waals surface area contributed by atoms with Gasteiger partial charge in [-0.1, -0.05) is 91.0 Å². The lowest BCUT2D eigenvalue weighted by molar-refractivity contribution is 0.404. The van der Waals surface area contributed by atoms with Crippen LogP contribution in [0.3, 0.4) is 0 Å². The molecule has 0 aliphatic carbocycles. The van der Waals surface area contributed by atoms with E-state index in [-0.39, 0.29) is 6.17 Å². The molecule has 0 bridgehead atoms. The zero-order chi connectivity index (χ0) is 15.9. The van der Waals surface area contributed by atoms with Gasteiger partial charge in [-0.25, -0.2) is 0 Å². The Bertz CT molecular complexity index is 872. The van der Waals surface area contributed by atoms with Crippen molar-refractivity contribution in [1.82, 2.24) is 4.90 Å². The Hall–Kier alpha value is -2.71. The maximum atomic E-state index is 5.08. The van der Waals surface area contributed by atoms with E-state index in [0.29, 0.717) is 12.1 Å². The van der Waals surface area contributed by atoms with E-state index in [1.54, 1.807) is 0 Å². The van der Waals surface area contributed by atoms with Gasteiger partial charge in [0.15, 0.2) is 0 Å². The third-order valence-electron chi connectivity index (χ3n) is 4.98. The zero-order valence-electron chi connectivity index (χ0n) is 13.3. The Morgan fingerprint density at radius 1 is 0.583 bits per heavy atom. The van der Waals surface area contributed by atoms with Crippen LogP contribution in [0.1, 0.15) is 28.9 Å². The Morgan fingerprint density at radius 3 is 1.75 bits per heavy atom. The van der Waals surface area contributed by atoms with Gasteiger partial charge in [0.1, 0.15) is 6.17 Å². The van der Waals surface area contributed by atoms with Crippen LogP contribution in [0.15, 0.2) is 96.0 Å². The summed E-state index contributed by atoms with van der Waals surface area (Å²) < 4.78 is 0. The molecule has 3 aromatic carbocycles. The molecule has 4 atom stereocenters. The highest BCUT2D eigenvalue weighted by atomic mass is 15.5. The third kappa shape index (κ3) is 2.11. The quantitative estimate of drug-likeness (QED) is 0.645. The molecule has 0 N–H and O–H groups in total. The van der Waals surface area contributed by atoms with E-state index in [4.69, 9.17) is 4.99 Å². The van der Waals surface area contributed by atoms with Crippen molar-refractivity contribution in [2.45, 2.75) is 18.2 Å². The van der Waals surface area contributed by atoms with E-state index in [9.17, 15) is 0 Å². The summed E-state index contributed by atoms with van der Waals surface area (Å²) in [7, 11) is 0. The Labute approximate surface area is 142 Å².